The number of sulfone groups is 1. The van der Waals surface area contributed by atoms with E-state index in [9.17, 15) is 18.3 Å². The number of aliphatic hydroxyl groups is 1. The Kier molecular flexibility index (Phi) is 9.20. The molecule has 1 amide bonds. The Bertz CT molecular complexity index is 1500. The number of aliphatic hydroxyl groups excluding tert-OH is 1. The van der Waals surface area contributed by atoms with Gasteiger partial charge in [0, 0.05) is 18.8 Å². The maximum absolute atomic E-state index is 14.0. The molecule has 1 unspecified atom stereocenters. The first-order chi connectivity index (χ1) is 20.9. The van der Waals surface area contributed by atoms with Gasteiger partial charge in [0.25, 0.3) is 0 Å². The Morgan fingerprint density at radius 2 is 1.79 bits per heavy atom. The van der Waals surface area contributed by atoms with Crippen molar-refractivity contribution < 1.29 is 37.3 Å². The van der Waals surface area contributed by atoms with E-state index in [-0.39, 0.29) is 42.7 Å². The number of amides is 1. The summed E-state index contributed by atoms with van der Waals surface area (Å²) in [5.74, 6) is -0.0378. The topological polar surface area (TPSA) is 146 Å². The smallest absolute Gasteiger partial charge is 0.407 e. The largest absolute Gasteiger partial charge is 0.443 e. The third kappa shape index (κ3) is 6.99. The number of carbonyl (C=O) groups excluding carboxylic acids is 1. The first-order valence-corrected chi connectivity index (χ1v) is 16.4. The zero-order valence-electron chi connectivity index (χ0n) is 23.8. The Hall–Kier alpha value is -3.16. The quantitative estimate of drug-likeness (QED) is 0.330. The van der Waals surface area contributed by atoms with Gasteiger partial charge in [0.15, 0.2) is 11.7 Å². The van der Waals surface area contributed by atoms with E-state index < -0.39 is 39.6 Å². The van der Waals surface area contributed by atoms with Gasteiger partial charge in [-0.3, -0.25) is 9.97 Å². The summed E-state index contributed by atoms with van der Waals surface area (Å²) < 4.78 is 51.1. The van der Waals surface area contributed by atoms with E-state index in [2.05, 4.69) is 15.3 Å². The zero-order chi connectivity index (χ0) is 29.8. The molecule has 1 saturated carbocycles. The highest BCUT2D eigenvalue weighted by molar-refractivity contribution is 7.92. The summed E-state index contributed by atoms with van der Waals surface area (Å²) in [6, 6.07) is 13.1. The number of hydrogen-bond acceptors (Lipinski definition) is 10. The molecule has 12 heteroatoms. The van der Waals surface area contributed by atoms with Gasteiger partial charge in [-0.2, -0.15) is 0 Å². The van der Waals surface area contributed by atoms with Crippen LogP contribution in [0, 0.1) is 5.92 Å². The van der Waals surface area contributed by atoms with Crippen LogP contribution in [0.25, 0.3) is 11.0 Å². The van der Waals surface area contributed by atoms with E-state index in [1.807, 2.05) is 30.3 Å². The fraction of sp³-hybridized carbons (Fsp3) is 0.516. The number of hydrogen-bond donors (Lipinski definition) is 2. The lowest BCUT2D eigenvalue weighted by molar-refractivity contribution is -0.0907. The van der Waals surface area contributed by atoms with Gasteiger partial charge in [0.05, 0.1) is 53.3 Å². The number of fused-ring (bicyclic) bond motifs is 2. The predicted octanol–water partition coefficient (Wildman–Crippen LogP) is 3.54. The summed E-state index contributed by atoms with van der Waals surface area (Å²) in [5, 5.41) is 14.4. The van der Waals surface area contributed by atoms with Gasteiger partial charge < -0.3 is 29.4 Å². The molecule has 11 nitrogen and oxygen atoms in total. The van der Waals surface area contributed by atoms with E-state index in [1.165, 1.54) is 18.3 Å². The number of benzene rings is 2. The summed E-state index contributed by atoms with van der Waals surface area (Å²) >= 11 is 0. The van der Waals surface area contributed by atoms with E-state index >= 15 is 0 Å². The van der Waals surface area contributed by atoms with E-state index in [0.717, 1.165) is 37.7 Å². The van der Waals surface area contributed by atoms with Crippen molar-refractivity contribution in [1.82, 2.24) is 15.3 Å². The molecule has 6 atom stereocenters. The molecule has 43 heavy (non-hydrogen) atoms. The fourth-order valence-corrected chi connectivity index (χ4v) is 7.74. The van der Waals surface area contributed by atoms with Crippen LogP contribution in [0.3, 0.4) is 0 Å². The van der Waals surface area contributed by atoms with Gasteiger partial charge in [0.2, 0.25) is 9.84 Å². The average molecular weight is 612 g/mol. The maximum Gasteiger partial charge on any atom is 0.407 e. The molecule has 1 aliphatic carbocycles. The highest BCUT2D eigenvalue weighted by Crippen LogP contribution is 2.33. The minimum absolute atomic E-state index is 0.0378. The first kappa shape index (κ1) is 29.9. The van der Waals surface area contributed by atoms with Gasteiger partial charge in [-0.25, -0.2) is 13.2 Å². The van der Waals surface area contributed by atoms with Crippen LogP contribution in [0.4, 0.5) is 4.79 Å². The molecule has 3 aliphatic rings. The highest BCUT2D eigenvalue weighted by Gasteiger charge is 2.44. The molecule has 1 aromatic heterocycles. The number of aromatic nitrogens is 2. The third-order valence-corrected chi connectivity index (χ3v) is 10.4. The van der Waals surface area contributed by atoms with Crippen molar-refractivity contribution in [3.05, 3.63) is 66.5 Å². The number of carbonyl (C=O) groups is 1. The van der Waals surface area contributed by atoms with Crippen LogP contribution in [-0.2, 0) is 35.2 Å². The molecule has 3 fully saturated rings. The van der Waals surface area contributed by atoms with Gasteiger partial charge in [-0.05, 0) is 49.4 Å². The Morgan fingerprint density at radius 1 is 1.02 bits per heavy atom. The van der Waals surface area contributed by atoms with Crippen molar-refractivity contribution >= 4 is 27.0 Å². The Balaban J connectivity index is 1.22. The predicted molar refractivity (Wildman–Crippen MR) is 156 cm³/mol. The number of rotatable bonds is 11. The molecular weight excluding hydrogens is 574 g/mol. The zero-order valence-corrected chi connectivity index (χ0v) is 24.6. The van der Waals surface area contributed by atoms with Crippen LogP contribution in [-0.4, -0.2) is 78.9 Å². The Morgan fingerprint density at radius 3 is 2.58 bits per heavy atom. The lowest BCUT2D eigenvalue weighted by Crippen LogP contribution is -2.48. The van der Waals surface area contributed by atoms with Crippen LogP contribution in [0.15, 0.2) is 65.8 Å². The Labute approximate surface area is 250 Å². The summed E-state index contributed by atoms with van der Waals surface area (Å²) in [6.07, 6.45) is 4.16. The molecule has 2 aliphatic heterocycles. The van der Waals surface area contributed by atoms with E-state index in [0.29, 0.717) is 17.6 Å². The van der Waals surface area contributed by atoms with Crippen LogP contribution >= 0.6 is 0 Å². The third-order valence-electron chi connectivity index (χ3n) is 8.51. The lowest BCUT2D eigenvalue weighted by Gasteiger charge is -2.29. The van der Waals surface area contributed by atoms with Crippen molar-refractivity contribution in [3.63, 3.8) is 0 Å². The summed E-state index contributed by atoms with van der Waals surface area (Å²) in [5.41, 5.74) is 0.546. The van der Waals surface area contributed by atoms with Crippen molar-refractivity contribution in [2.75, 3.05) is 13.2 Å². The number of alkyl carbamates (subject to hydrolysis) is 1. The first-order valence-electron chi connectivity index (χ1n) is 14.9. The second-order valence-corrected chi connectivity index (χ2v) is 13.5. The van der Waals surface area contributed by atoms with Crippen LogP contribution in [0.1, 0.15) is 44.1 Å². The van der Waals surface area contributed by atoms with Gasteiger partial charge >= 0.3 is 6.09 Å². The minimum Gasteiger partial charge on any atom is -0.443 e. The number of nitrogens with zero attached hydrogens (tertiary/aromatic N) is 2. The maximum atomic E-state index is 14.0. The van der Waals surface area contributed by atoms with E-state index in [1.54, 1.807) is 12.3 Å². The lowest BCUT2D eigenvalue weighted by atomic mass is 9.99. The molecule has 3 heterocycles. The summed E-state index contributed by atoms with van der Waals surface area (Å²) in [4.78, 5) is 21.6. The van der Waals surface area contributed by atoms with Crippen LogP contribution in [0.5, 0.6) is 0 Å². The summed E-state index contributed by atoms with van der Waals surface area (Å²) in [7, 11) is -4.06. The van der Waals surface area contributed by atoms with Crippen molar-refractivity contribution in [2.45, 2.75) is 85.9 Å². The molecule has 0 bridgehead atoms. The summed E-state index contributed by atoms with van der Waals surface area (Å²) in [6.45, 7) is 0.785. The molecule has 6 rings (SSSR count). The van der Waals surface area contributed by atoms with E-state index in [4.69, 9.17) is 18.9 Å². The number of nitrogens with one attached hydrogen (secondary N) is 1. The molecule has 0 spiro atoms. The molecule has 230 valence electrons. The molecular formula is C31H37N3O8S. The average Bonchev–Trinajstić information content (AvgIpc) is 3.78. The minimum atomic E-state index is -4.06. The molecule has 3 aromatic rings. The van der Waals surface area contributed by atoms with Crippen molar-refractivity contribution in [2.24, 2.45) is 5.92 Å². The SMILES string of the molecule is O=C(N[C@@H](Cc1ccccc1)[C@H](O)CC(OC1CCCC1)S(=O)(=O)c1ccc2nccnc2c1)O[C@H]1CO[C@H]2OCC[C@H]21. The normalized spacial score (nSPS) is 24.4. The standard InChI is InChI=1S/C31H37N3O8S/c35-27(26(16-20-6-2-1-3-7-20)34-31(36)42-28-19-40-30-23(28)12-15-39-30)18-29(41-21-8-4-5-9-21)43(37,38)22-10-11-24-25(17-22)33-14-13-32-24/h1-3,6-7,10-11,13-14,17,21,23,26-30,35H,4-5,8-9,12,15-16,18-19H2,(H,34,36)/t23-,26-,27+,28-,29?,30+/m0/s1. The van der Waals surface area contributed by atoms with Crippen LogP contribution in [0.2, 0.25) is 0 Å². The van der Waals surface area contributed by atoms with Crippen molar-refractivity contribution in [3.8, 4) is 0 Å². The highest BCUT2D eigenvalue weighted by atomic mass is 32.2. The fourth-order valence-electron chi connectivity index (χ4n) is 6.15. The molecule has 2 N–H and O–H groups in total. The van der Waals surface area contributed by atoms with Crippen molar-refractivity contribution in [1.29, 1.82) is 0 Å². The van der Waals surface area contributed by atoms with Gasteiger partial charge in [-0.1, -0.05) is 43.2 Å². The number of ether oxygens (including phenoxy) is 4. The second kappa shape index (κ2) is 13.2. The van der Waals surface area contributed by atoms with Crippen LogP contribution < -0.4 is 5.32 Å². The monoisotopic (exact) mass is 611 g/mol. The van der Waals surface area contributed by atoms with Gasteiger partial charge in [0.1, 0.15) is 6.10 Å². The molecule has 0 radical (unpaired) electrons. The molecule has 2 aromatic carbocycles. The second-order valence-electron chi connectivity index (χ2n) is 11.4. The molecule has 2 saturated heterocycles. The van der Waals surface area contributed by atoms with Gasteiger partial charge in [-0.15, -0.1) is 0 Å².